The second-order valence-electron chi connectivity index (χ2n) is 10.7. The first kappa shape index (κ1) is 24.4. The van der Waals surface area contributed by atoms with Gasteiger partial charge in [0.1, 0.15) is 16.5 Å². The van der Waals surface area contributed by atoms with E-state index in [1.54, 1.807) is 0 Å². The minimum absolute atomic E-state index is 0.830. The predicted molar refractivity (Wildman–Crippen MR) is 125 cm³/mol. The van der Waals surface area contributed by atoms with Crippen molar-refractivity contribution in [1.82, 2.24) is 9.13 Å². The summed E-state index contributed by atoms with van der Waals surface area (Å²) in [7, 11) is -2.95. The molecule has 1 aliphatic rings. The number of nitrogens with zero attached hydrogens (tertiary/aromatic N) is 2. The Hall–Kier alpha value is 0.354. The van der Waals surface area contributed by atoms with Crippen molar-refractivity contribution in [3.8, 4) is 0 Å². The van der Waals surface area contributed by atoms with E-state index in [-0.39, 0.29) is 0 Å². The van der Waals surface area contributed by atoms with Crippen LogP contribution in [0.5, 0.6) is 0 Å². The molecule has 1 rings (SSSR count). The fourth-order valence-corrected chi connectivity index (χ4v) is 22.0. The summed E-state index contributed by atoms with van der Waals surface area (Å²) in [5.74, 6) is 0. The highest BCUT2D eigenvalue weighted by Gasteiger charge is 2.52. The van der Waals surface area contributed by atoms with Crippen LogP contribution in [0.2, 0.25) is 33.2 Å². The average molecular weight is 399 g/mol. The van der Waals surface area contributed by atoms with Crippen molar-refractivity contribution in [1.29, 1.82) is 0 Å². The maximum atomic E-state index is 3.02. The highest BCUT2D eigenvalue weighted by Crippen LogP contribution is 2.47. The minimum Gasteiger partial charge on any atom is -0.320 e. The summed E-state index contributed by atoms with van der Waals surface area (Å²) in [6.07, 6.45) is 0. The zero-order valence-corrected chi connectivity index (χ0v) is 22.2. The lowest BCUT2D eigenvalue weighted by Crippen LogP contribution is -2.70. The number of hydrogen-bond donors (Lipinski definition) is 0. The predicted octanol–water partition coefficient (Wildman–Crippen LogP) is 6.96. The van der Waals surface area contributed by atoms with E-state index in [1.807, 2.05) is 0 Å². The van der Waals surface area contributed by atoms with Crippen molar-refractivity contribution >= 4 is 16.5 Å². The van der Waals surface area contributed by atoms with Gasteiger partial charge in [0.05, 0.1) is 0 Å². The molecule has 0 aliphatic carbocycles. The standard InChI is InChI=1S/C22H50N2Si2/c1-17(2)25(18(3)4,19(5)6)23-13-15-24(16-14-23)26(20(7)8,21(9)10)22(11)12/h17-22H,13-16H2,1-12H3. The van der Waals surface area contributed by atoms with Gasteiger partial charge in [0.15, 0.2) is 0 Å². The van der Waals surface area contributed by atoms with Gasteiger partial charge in [0.25, 0.3) is 0 Å². The maximum Gasteiger partial charge on any atom is 0.136 e. The Morgan fingerprint density at radius 3 is 0.654 bits per heavy atom. The van der Waals surface area contributed by atoms with Crippen LogP contribution < -0.4 is 0 Å². The Morgan fingerprint density at radius 2 is 0.538 bits per heavy atom. The van der Waals surface area contributed by atoms with Crippen molar-refractivity contribution in [2.45, 2.75) is 116 Å². The smallest absolute Gasteiger partial charge is 0.136 e. The summed E-state index contributed by atoms with van der Waals surface area (Å²) in [5, 5.41) is 0. The Bertz CT molecular complexity index is 338. The average Bonchev–Trinajstić information content (AvgIpc) is 2.47. The van der Waals surface area contributed by atoms with Crippen LogP contribution >= 0.6 is 0 Å². The van der Waals surface area contributed by atoms with Crippen molar-refractivity contribution in [2.75, 3.05) is 26.2 Å². The molecule has 1 heterocycles. The maximum absolute atomic E-state index is 3.02. The summed E-state index contributed by atoms with van der Waals surface area (Å²) in [5.41, 5.74) is 4.98. The SMILES string of the molecule is CC(C)[Si](C(C)C)(C(C)C)N1CCN([Si](C(C)C)(C(C)C)C(C)C)CC1. The largest absolute Gasteiger partial charge is 0.320 e. The lowest BCUT2D eigenvalue weighted by molar-refractivity contribution is 0.241. The molecule has 0 aromatic carbocycles. The van der Waals surface area contributed by atoms with Gasteiger partial charge in [-0.1, -0.05) is 83.1 Å². The van der Waals surface area contributed by atoms with Crippen LogP contribution in [0.4, 0.5) is 0 Å². The van der Waals surface area contributed by atoms with Crippen molar-refractivity contribution in [3.63, 3.8) is 0 Å². The number of hydrogen-bond acceptors (Lipinski definition) is 2. The fraction of sp³-hybridized carbons (Fsp3) is 1.00. The van der Waals surface area contributed by atoms with E-state index in [2.05, 4.69) is 92.2 Å². The van der Waals surface area contributed by atoms with Gasteiger partial charge in [-0.15, -0.1) is 0 Å². The summed E-state index contributed by atoms with van der Waals surface area (Å²) >= 11 is 0. The molecule has 0 unspecified atom stereocenters. The Labute approximate surface area is 168 Å². The fourth-order valence-electron chi connectivity index (χ4n) is 7.67. The Balaban J connectivity index is 3.14. The van der Waals surface area contributed by atoms with Gasteiger partial charge in [-0.25, -0.2) is 0 Å². The van der Waals surface area contributed by atoms with E-state index in [0.717, 1.165) is 33.2 Å². The first-order chi connectivity index (χ1) is 11.9. The van der Waals surface area contributed by atoms with Crippen LogP contribution in [0, 0.1) is 0 Å². The monoisotopic (exact) mass is 398 g/mol. The van der Waals surface area contributed by atoms with Gasteiger partial charge < -0.3 is 9.13 Å². The van der Waals surface area contributed by atoms with E-state index in [1.165, 1.54) is 26.2 Å². The van der Waals surface area contributed by atoms with Crippen LogP contribution in [0.3, 0.4) is 0 Å². The van der Waals surface area contributed by atoms with Crippen molar-refractivity contribution in [3.05, 3.63) is 0 Å². The zero-order valence-electron chi connectivity index (χ0n) is 20.2. The highest BCUT2D eigenvalue weighted by molar-refractivity contribution is 6.82. The van der Waals surface area contributed by atoms with Gasteiger partial charge in [-0.05, 0) is 33.2 Å². The molecule has 0 amide bonds. The number of piperazine rings is 1. The molecule has 1 aliphatic heterocycles. The van der Waals surface area contributed by atoms with Gasteiger partial charge >= 0.3 is 0 Å². The molecular formula is C22H50N2Si2. The number of rotatable bonds is 8. The zero-order chi connectivity index (χ0) is 20.4. The van der Waals surface area contributed by atoms with Crippen molar-refractivity contribution in [2.24, 2.45) is 0 Å². The molecule has 0 atom stereocenters. The second kappa shape index (κ2) is 9.23. The van der Waals surface area contributed by atoms with Gasteiger partial charge in [-0.3, -0.25) is 0 Å². The molecule has 156 valence electrons. The Kier molecular flexibility index (Phi) is 8.66. The summed E-state index contributed by atoms with van der Waals surface area (Å²) in [4.78, 5) is 0. The highest BCUT2D eigenvalue weighted by atomic mass is 28.3. The van der Waals surface area contributed by atoms with Gasteiger partial charge in [0, 0.05) is 26.2 Å². The van der Waals surface area contributed by atoms with E-state index in [4.69, 9.17) is 0 Å². The van der Waals surface area contributed by atoms with Crippen molar-refractivity contribution < 1.29 is 0 Å². The van der Waals surface area contributed by atoms with Crippen LogP contribution in [0.25, 0.3) is 0 Å². The molecule has 0 aromatic heterocycles. The molecule has 26 heavy (non-hydrogen) atoms. The van der Waals surface area contributed by atoms with Crippen LogP contribution in [-0.4, -0.2) is 51.8 Å². The van der Waals surface area contributed by atoms with E-state index < -0.39 is 16.5 Å². The van der Waals surface area contributed by atoms with Gasteiger partial charge in [0.2, 0.25) is 0 Å². The normalized spacial score (nSPS) is 19.2. The molecule has 0 saturated carbocycles. The van der Waals surface area contributed by atoms with E-state index >= 15 is 0 Å². The van der Waals surface area contributed by atoms with E-state index in [0.29, 0.717) is 0 Å². The van der Waals surface area contributed by atoms with Crippen LogP contribution in [-0.2, 0) is 0 Å². The summed E-state index contributed by atoms with van der Waals surface area (Å²) in [6, 6.07) is 0. The molecule has 0 N–H and O–H groups in total. The summed E-state index contributed by atoms with van der Waals surface area (Å²) in [6.45, 7) is 35.3. The quantitative estimate of drug-likeness (QED) is 0.408. The third-order valence-corrected chi connectivity index (χ3v) is 22.1. The molecule has 1 fully saturated rings. The summed E-state index contributed by atoms with van der Waals surface area (Å²) < 4.78 is 6.04. The molecule has 0 aromatic rings. The van der Waals surface area contributed by atoms with E-state index in [9.17, 15) is 0 Å². The molecule has 0 spiro atoms. The van der Waals surface area contributed by atoms with Crippen LogP contribution in [0.15, 0.2) is 0 Å². The Morgan fingerprint density at radius 1 is 0.385 bits per heavy atom. The third-order valence-electron chi connectivity index (χ3n) is 7.92. The lowest BCUT2D eigenvalue weighted by atomic mass is 10.4. The third kappa shape index (κ3) is 3.90. The second-order valence-corrected chi connectivity index (χ2v) is 22.4. The lowest BCUT2D eigenvalue weighted by Gasteiger charge is -2.58. The molecule has 1 saturated heterocycles. The van der Waals surface area contributed by atoms with Crippen LogP contribution in [0.1, 0.15) is 83.1 Å². The molecule has 4 heteroatoms. The first-order valence-corrected chi connectivity index (χ1v) is 15.7. The molecule has 2 nitrogen and oxygen atoms in total. The van der Waals surface area contributed by atoms with Gasteiger partial charge in [-0.2, -0.15) is 0 Å². The molecule has 0 bridgehead atoms. The topological polar surface area (TPSA) is 6.48 Å². The molecule has 0 radical (unpaired) electrons. The molecular weight excluding hydrogens is 348 g/mol. The first-order valence-electron chi connectivity index (χ1n) is 11.4. The minimum atomic E-state index is -1.47.